The lowest BCUT2D eigenvalue weighted by molar-refractivity contribution is -0.167. The van der Waals surface area contributed by atoms with Gasteiger partial charge in [0.1, 0.15) is 0 Å². The number of ether oxygens (including phenoxy) is 1. The lowest BCUT2D eigenvalue weighted by Crippen LogP contribution is -2.36. The molecule has 1 atom stereocenters. The Balaban J connectivity index is 4.22. The highest BCUT2D eigenvalue weighted by Gasteiger charge is 2.28. The van der Waals surface area contributed by atoms with Crippen LogP contribution in [0.25, 0.3) is 0 Å². The standard InChI is InChI=1S/C12H22O3/c1-7-11(3,4)8-9(2)15-10(13)12(5,6)14/h7,9,14H,1,8H2,2-6H3. The molecule has 0 aliphatic heterocycles. The smallest absolute Gasteiger partial charge is 0.337 e. The van der Waals surface area contributed by atoms with Crippen molar-refractivity contribution in [3.8, 4) is 0 Å². The minimum atomic E-state index is -1.42. The maximum atomic E-state index is 11.4. The number of aliphatic hydroxyl groups is 1. The van der Waals surface area contributed by atoms with Crippen molar-refractivity contribution < 1.29 is 14.6 Å². The molecule has 0 aromatic rings. The molecule has 0 saturated carbocycles. The SMILES string of the molecule is C=CC(C)(C)CC(C)OC(=O)C(C)(C)O. The van der Waals surface area contributed by atoms with Gasteiger partial charge in [-0.2, -0.15) is 0 Å². The van der Waals surface area contributed by atoms with E-state index >= 15 is 0 Å². The molecule has 0 aromatic carbocycles. The van der Waals surface area contributed by atoms with Crippen LogP contribution in [0.3, 0.4) is 0 Å². The van der Waals surface area contributed by atoms with E-state index in [1.54, 1.807) is 0 Å². The highest BCUT2D eigenvalue weighted by atomic mass is 16.6. The average molecular weight is 214 g/mol. The van der Waals surface area contributed by atoms with Crippen molar-refractivity contribution >= 4 is 5.97 Å². The second-order valence-electron chi connectivity index (χ2n) is 5.17. The number of rotatable bonds is 5. The second-order valence-corrected chi connectivity index (χ2v) is 5.17. The van der Waals surface area contributed by atoms with Gasteiger partial charge in [0.25, 0.3) is 0 Å². The molecule has 0 amide bonds. The van der Waals surface area contributed by atoms with E-state index in [1.807, 2.05) is 26.8 Å². The van der Waals surface area contributed by atoms with E-state index in [0.717, 1.165) is 0 Å². The lowest BCUT2D eigenvalue weighted by Gasteiger charge is -2.26. The van der Waals surface area contributed by atoms with Crippen LogP contribution in [0.2, 0.25) is 0 Å². The maximum absolute atomic E-state index is 11.4. The molecule has 15 heavy (non-hydrogen) atoms. The third-order valence-corrected chi connectivity index (χ3v) is 2.17. The van der Waals surface area contributed by atoms with Gasteiger partial charge in [0.2, 0.25) is 0 Å². The largest absolute Gasteiger partial charge is 0.461 e. The van der Waals surface area contributed by atoms with Crippen LogP contribution in [0, 0.1) is 5.41 Å². The van der Waals surface area contributed by atoms with Crippen molar-refractivity contribution in [1.82, 2.24) is 0 Å². The van der Waals surface area contributed by atoms with Crippen molar-refractivity contribution in [2.75, 3.05) is 0 Å². The van der Waals surface area contributed by atoms with Crippen LogP contribution in [-0.2, 0) is 9.53 Å². The van der Waals surface area contributed by atoms with Gasteiger partial charge in [-0.05, 0) is 32.6 Å². The number of hydrogen-bond acceptors (Lipinski definition) is 3. The zero-order valence-corrected chi connectivity index (χ0v) is 10.3. The van der Waals surface area contributed by atoms with Crippen molar-refractivity contribution in [3.63, 3.8) is 0 Å². The molecule has 0 saturated heterocycles. The van der Waals surface area contributed by atoms with E-state index < -0.39 is 11.6 Å². The lowest BCUT2D eigenvalue weighted by atomic mass is 9.87. The number of hydrogen-bond donors (Lipinski definition) is 1. The van der Waals surface area contributed by atoms with Crippen LogP contribution in [0.1, 0.15) is 41.0 Å². The van der Waals surface area contributed by atoms with Crippen LogP contribution >= 0.6 is 0 Å². The molecule has 3 nitrogen and oxygen atoms in total. The molecule has 0 aliphatic carbocycles. The fourth-order valence-corrected chi connectivity index (χ4v) is 1.19. The molecule has 0 radical (unpaired) electrons. The van der Waals surface area contributed by atoms with Crippen LogP contribution in [0.15, 0.2) is 12.7 Å². The molecule has 0 heterocycles. The van der Waals surface area contributed by atoms with E-state index in [4.69, 9.17) is 4.74 Å². The Labute approximate surface area is 92.1 Å². The quantitative estimate of drug-likeness (QED) is 0.564. The Morgan fingerprint density at radius 3 is 2.27 bits per heavy atom. The second kappa shape index (κ2) is 4.79. The van der Waals surface area contributed by atoms with Gasteiger partial charge in [0, 0.05) is 0 Å². The topological polar surface area (TPSA) is 46.5 Å². The molecular formula is C12H22O3. The summed E-state index contributed by atoms with van der Waals surface area (Å²) >= 11 is 0. The molecular weight excluding hydrogens is 192 g/mol. The monoisotopic (exact) mass is 214 g/mol. The highest BCUT2D eigenvalue weighted by molar-refractivity contribution is 5.78. The first-order valence-electron chi connectivity index (χ1n) is 5.15. The summed E-state index contributed by atoms with van der Waals surface area (Å²) in [7, 11) is 0. The summed E-state index contributed by atoms with van der Waals surface area (Å²) in [5.74, 6) is -0.588. The summed E-state index contributed by atoms with van der Waals surface area (Å²) in [6.07, 6.45) is 2.30. The van der Waals surface area contributed by atoms with E-state index in [1.165, 1.54) is 13.8 Å². The number of esters is 1. The molecule has 1 unspecified atom stereocenters. The van der Waals surface area contributed by atoms with Crippen LogP contribution in [0.4, 0.5) is 0 Å². The molecule has 0 bridgehead atoms. The van der Waals surface area contributed by atoms with E-state index in [9.17, 15) is 9.90 Å². The molecule has 0 spiro atoms. The average Bonchev–Trinajstić information content (AvgIpc) is 2.01. The van der Waals surface area contributed by atoms with Gasteiger partial charge in [0.15, 0.2) is 5.60 Å². The van der Waals surface area contributed by atoms with Gasteiger partial charge in [-0.25, -0.2) is 4.79 Å². The predicted molar refractivity (Wildman–Crippen MR) is 60.4 cm³/mol. The first kappa shape index (κ1) is 14.2. The summed E-state index contributed by atoms with van der Waals surface area (Å²) in [6.45, 7) is 12.4. The van der Waals surface area contributed by atoms with Crippen molar-refractivity contribution in [1.29, 1.82) is 0 Å². The van der Waals surface area contributed by atoms with Crippen LogP contribution in [-0.4, -0.2) is 22.8 Å². The van der Waals surface area contributed by atoms with Crippen LogP contribution in [0.5, 0.6) is 0 Å². The van der Waals surface area contributed by atoms with Crippen molar-refractivity contribution in [2.24, 2.45) is 5.41 Å². The summed E-state index contributed by atoms with van der Waals surface area (Å²) < 4.78 is 5.12. The molecule has 1 N–H and O–H groups in total. The number of carbonyl (C=O) groups excluding carboxylic acids is 1. The zero-order valence-electron chi connectivity index (χ0n) is 10.3. The molecule has 3 heteroatoms. The zero-order chi connectivity index (χ0) is 12.3. The summed E-state index contributed by atoms with van der Waals surface area (Å²) in [5, 5.41) is 9.40. The third kappa shape index (κ3) is 5.57. The first-order chi connectivity index (χ1) is 6.58. The molecule has 0 fully saturated rings. The van der Waals surface area contributed by atoms with Gasteiger partial charge in [0.05, 0.1) is 6.10 Å². The maximum Gasteiger partial charge on any atom is 0.337 e. The molecule has 88 valence electrons. The number of carbonyl (C=O) groups is 1. The minimum Gasteiger partial charge on any atom is -0.461 e. The summed E-state index contributed by atoms with van der Waals surface area (Å²) in [5.41, 5.74) is -1.49. The predicted octanol–water partition coefficient (Wildman–Crippen LogP) is 2.29. The van der Waals surface area contributed by atoms with Gasteiger partial charge < -0.3 is 9.84 Å². The van der Waals surface area contributed by atoms with Gasteiger partial charge in [-0.3, -0.25) is 0 Å². The fraction of sp³-hybridized carbons (Fsp3) is 0.750. The Bertz CT molecular complexity index is 236. The van der Waals surface area contributed by atoms with Gasteiger partial charge >= 0.3 is 5.97 Å². The molecule has 0 rings (SSSR count). The number of allylic oxidation sites excluding steroid dienone is 1. The minimum absolute atomic E-state index is 0.0701. The Kier molecular flexibility index (Phi) is 4.53. The fourth-order valence-electron chi connectivity index (χ4n) is 1.19. The first-order valence-corrected chi connectivity index (χ1v) is 5.15. The highest BCUT2D eigenvalue weighted by Crippen LogP contribution is 2.25. The van der Waals surface area contributed by atoms with Crippen molar-refractivity contribution in [2.45, 2.75) is 52.7 Å². The third-order valence-electron chi connectivity index (χ3n) is 2.17. The van der Waals surface area contributed by atoms with Gasteiger partial charge in [-0.15, -0.1) is 6.58 Å². The molecule has 0 aromatic heterocycles. The Morgan fingerprint density at radius 1 is 1.47 bits per heavy atom. The molecule has 0 aliphatic rings. The van der Waals surface area contributed by atoms with Crippen molar-refractivity contribution in [3.05, 3.63) is 12.7 Å². The van der Waals surface area contributed by atoms with E-state index in [2.05, 4.69) is 6.58 Å². The van der Waals surface area contributed by atoms with E-state index in [0.29, 0.717) is 6.42 Å². The van der Waals surface area contributed by atoms with E-state index in [-0.39, 0.29) is 11.5 Å². The van der Waals surface area contributed by atoms with Gasteiger partial charge in [-0.1, -0.05) is 19.9 Å². The van der Waals surface area contributed by atoms with Crippen LogP contribution < -0.4 is 0 Å². The normalized spacial score (nSPS) is 14.5. The Hall–Kier alpha value is -0.830. The summed E-state index contributed by atoms with van der Waals surface area (Å²) in [6, 6.07) is 0. The Morgan fingerprint density at radius 2 is 1.93 bits per heavy atom. The summed E-state index contributed by atoms with van der Waals surface area (Å²) in [4.78, 5) is 11.4.